The zero-order chi connectivity index (χ0) is 24.1. The molecule has 0 fully saturated rings. The molecule has 1 heterocycles. The van der Waals surface area contributed by atoms with Crippen LogP contribution in [0.1, 0.15) is 21.5 Å². The highest BCUT2D eigenvalue weighted by Crippen LogP contribution is 2.23. The number of aromatic nitrogens is 2. The van der Waals surface area contributed by atoms with Crippen molar-refractivity contribution >= 4 is 27.5 Å². The molecule has 4 rings (SSSR count). The van der Waals surface area contributed by atoms with E-state index in [1.807, 2.05) is 6.07 Å². The number of nitrogens with one attached hydrogen (secondary N) is 2. The molecule has 1 aromatic heterocycles. The highest BCUT2D eigenvalue weighted by molar-refractivity contribution is 7.89. The number of carbonyl (C=O) groups is 1. The van der Waals surface area contributed by atoms with E-state index in [1.54, 1.807) is 53.4 Å². The fraction of sp³-hybridized carbons (Fsp3) is 0.0833. The lowest BCUT2D eigenvalue weighted by Crippen LogP contribution is -2.25. The second-order valence-electron chi connectivity index (χ2n) is 7.39. The molecule has 3 aromatic carbocycles. The summed E-state index contributed by atoms with van der Waals surface area (Å²) in [5.74, 6) is -0.982. The van der Waals surface area contributed by atoms with Crippen LogP contribution < -0.4 is 10.0 Å². The zero-order valence-corrected chi connectivity index (χ0v) is 19.4. The van der Waals surface area contributed by atoms with Crippen molar-refractivity contribution in [2.45, 2.75) is 18.0 Å². The van der Waals surface area contributed by atoms with Gasteiger partial charge in [-0.2, -0.15) is 0 Å². The number of halogens is 2. The molecular formula is C24H20ClFN4O3S. The van der Waals surface area contributed by atoms with Crippen LogP contribution in [0.2, 0.25) is 5.02 Å². The quantitative estimate of drug-likeness (QED) is 0.383. The van der Waals surface area contributed by atoms with Gasteiger partial charge < -0.3 is 9.88 Å². The first-order valence-electron chi connectivity index (χ1n) is 10.2. The fourth-order valence-electron chi connectivity index (χ4n) is 3.26. The Kier molecular flexibility index (Phi) is 7.06. The van der Waals surface area contributed by atoms with Gasteiger partial charge in [0.2, 0.25) is 10.0 Å². The van der Waals surface area contributed by atoms with Crippen molar-refractivity contribution in [1.29, 1.82) is 0 Å². The molecule has 0 atom stereocenters. The van der Waals surface area contributed by atoms with Gasteiger partial charge in [0.1, 0.15) is 10.7 Å². The van der Waals surface area contributed by atoms with E-state index in [0.717, 1.165) is 5.56 Å². The minimum Gasteiger partial charge on any atom is -0.348 e. The van der Waals surface area contributed by atoms with Crippen LogP contribution in [-0.2, 0) is 23.1 Å². The molecular weight excluding hydrogens is 479 g/mol. The Morgan fingerprint density at radius 3 is 2.50 bits per heavy atom. The molecule has 0 aliphatic carbocycles. The Balaban J connectivity index is 1.45. The van der Waals surface area contributed by atoms with Gasteiger partial charge in [-0.25, -0.2) is 22.5 Å². The van der Waals surface area contributed by atoms with Gasteiger partial charge in [-0.3, -0.25) is 4.79 Å². The summed E-state index contributed by atoms with van der Waals surface area (Å²) >= 11 is 6.12. The second-order valence-corrected chi connectivity index (χ2v) is 9.54. The van der Waals surface area contributed by atoms with Crippen LogP contribution in [0.4, 0.5) is 4.39 Å². The second kappa shape index (κ2) is 10.2. The summed E-state index contributed by atoms with van der Waals surface area (Å²) in [6, 6.07) is 17.6. The highest BCUT2D eigenvalue weighted by atomic mass is 35.5. The van der Waals surface area contributed by atoms with Crippen LogP contribution in [0.15, 0.2) is 90.3 Å². The minimum atomic E-state index is -3.96. The standard InChI is InChI=1S/C24H20ClFN4O3S/c25-20-8-7-19(13-23(20)34(32,33)29-15-17-4-2-1-3-5-17)24(31)28-14-18-6-9-22(21(26)12-18)30-11-10-27-16-30/h1-13,16,29H,14-15H2,(H,28,31). The molecule has 0 aliphatic heterocycles. The van der Waals surface area contributed by atoms with Gasteiger partial charge in [0, 0.05) is 31.0 Å². The maximum absolute atomic E-state index is 14.4. The van der Waals surface area contributed by atoms with Crippen LogP contribution in [0, 0.1) is 5.82 Å². The van der Waals surface area contributed by atoms with Crippen molar-refractivity contribution in [2.75, 3.05) is 0 Å². The van der Waals surface area contributed by atoms with E-state index in [4.69, 9.17) is 11.6 Å². The predicted molar refractivity (Wildman–Crippen MR) is 127 cm³/mol. The fourth-order valence-corrected chi connectivity index (χ4v) is 4.80. The van der Waals surface area contributed by atoms with E-state index in [9.17, 15) is 17.6 Å². The third-order valence-corrected chi connectivity index (χ3v) is 6.92. The number of imidazole rings is 1. The third-order valence-electron chi connectivity index (χ3n) is 5.04. The van der Waals surface area contributed by atoms with Crippen LogP contribution in [0.5, 0.6) is 0 Å². The van der Waals surface area contributed by atoms with E-state index in [0.29, 0.717) is 11.3 Å². The first-order chi connectivity index (χ1) is 16.3. The van der Waals surface area contributed by atoms with Gasteiger partial charge in [-0.05, 0) is 41.5 Å². The van der Waals surface area contributed by atoms with Crippen molar-refractivity contribution < 1.29 is 17.6 Å². The first-order valence-corrected chi connectivity index (χ1v) is 12.1. The number of carbonyl (C=O) groups excluding carboxylic acids is 1. The molecule has 0 bridgehead atoms. The first kappa shape index (κ1) is 23.6. The smallest absolute Gasteiger partial charge is 0.251 e. The Labute approximate surface area is 201 Å². The molecule has 10 heteroatoms. The lowest BCUT2D eigenvalue weighted by atomic mass is 10.1. The van der Waals surface area contributed by atoms with Crippen molar-refractivity contribution in [1.82, 2.24) is 19.6 Å². The van der Waals surface area contributed by atoms with Crippen molar-refractivity contribution in [2.24, 2.45) is 0 Å². The molecule has 2 N–H and O–H groups in total. The monoisotopic (exact) mass is 498 g/mol. The summed E-state index contributed by atoms with van der Waals surface area (Å²) in [4.78, 5) is 16.3. The van der Waals surface area contributed by atoms with Crippen molar-refractivity contribution in [3.05, 3.63) is 113 Å². The normalized spacial score (nSPS) is 11.4. The Bertz CT molecular complexity index is 1410. The molecule has 0 spiro atoms. The minimum absolute atomic E-state index is 0.00530. The summed E-state index contributed by atoms with van der Waals surface area (Å²) in [5, 5.41) is 2.66. The summed E-state index contributed by atoms with van der Waals surface area (Å²) in [6.45, 7) is 0.132. The Hall–Kier alpha value is -3.53. The van der Waals surface area contributed by atoms with Crippen LogP contribution in [0.25, 0.3) is 5.69 Å². The summed E-state index contributed by atoms with van der Waals surface area (Å²) in [7, 11) is -3.96. The SMILES string of the molecule is O=C(NCc1ccc(-n2ccnc2)c(F)c1)c1ccc(Cl)c(S(=O)(=O)NCc2ccccc2)c1. The average molecular weight is 499 g/mol. The van der Waals surface area contributed by atoms with E-state index in [1.165, 1.54) is 30.6 Å². The van der Waals surface area contributed by atoms with Gasteiger partial charge in [-0.1, -0.05) is 48.0 Å². The number of hydrogen-bond acceptors (Lipinski definition) is 4. The van der Waals surface area contributed by atoms with E-state index in [2.05, 4.69) is 15.0 Å². The predicted octanol–water partition coefficient (Wildman–Crippen LogP) is 4.07. The Morgan fingerprint density at radius 2 is 1.79 bits per heavy atom. The average Bonchev–Trinajstić information content (AvgIpc) is 3.37. The number of rotatable bonds is 8. The van der Waals surface area contributed by atoms with E-state index < -0.39 is 21.7 Å². The molecule has 34 heavy (non-hydrogen) atoms. The highest BCUT2D eigenvalue weighted by Gasteiger charge is 2.20. The number of nitrogens with zero attached hydrogens (tertiary/aromatic N) is 2. The molecule has 0 unspecified atom stereocenters. The van der Waals surface area contributed by atoms with Crippen LogP contribution in [0.3, 0.4) is 0 Å². The summed E-state index contributed by atoms with van der Waals surface area (Å²) in [6.07, 6.45) is 4.66. The van der Waals surface area contributed by atoms with Crippen molar-refractivity contribution in [3.8, 4) is 5.69 Å². The number of sulfonamides is 1. The van der Waals surface area contributed by atoms with Gasteiger partial charge in [0.25, 0.3) is 5.91 Å². The molecule has 174 valence electrons. The van der Waals surface area contributed by atoms with Crippen LogP contribution >= 0.6 is 11.6 Å². The third kappa shape index (κ3) is 5.51. The Morgan fingerprint density at radius 1 is 1.00 bits per heavy atom. The summed E-state index contributed by atoms with van der Waals surface area (Å²) in [5.41, 5.74) is 1.77. The largest absolute Gasteiger partial charge is 0.348 e. The maximum Gasteiger partial charge on any atom is 0.251 e. The molecule has 0 aliphatic rings. The molecule has 0 saturated heterocycles. The molecule has 0 radical (unpaired) electrons. The van der Waals surface area contributed by atoms with Gasteiger partial charge in [0.15, 0.2) is 0 Å². The summed E-state index contributed by atoms with van der Waals surface area (Å²) < 4.78 is 44.0. The van der Waals surface area contributed by atoms with Crippen LogP contribution in [-0.4, -0.2) is 23.9 Å². The number of amides is 1. The lowest BCUT2D eigenvalue weighted by molar-refractivity contribution is 0.0950. The molecule has 1 amide bonds. The zero-order valence-electron chi connectivity index (χ0n) is 17.8. The maximum atomic E-state index is 14.4. The molecule has 0 saturated carbocycles. The number of hydrogen-bond donors (Lipinski definition) is 2. The number of benzene rings is 3. The molecule has 7 nitrogen and oxygen atoms in total. The van der Waals surface area contributed by atoms with Gasteiger partial charge in [-0.15, -0.1) is 0 Å². The van der Waals surface area contributed by atoms with E-state index >= 15 is 0 Å². The lowest BCUT2D eigenvalue weighted by Gasteiger charge is -2.11. The van der Waals surface area contributed by atoms with Gasteiger partial charge >= 0.3 is 0 Å². The van der Waals surface area contributed by atoms with E-state index in [-0.39, 0.29) is 28.6 Å². The van der Waals surface area contributed by atoms with Crippen molar-refractivity contribution in [3.63, 3.8) is 0 Å². The van der Waals surface area contributed by atoms with Gasteiger partial charge in [0.05, 0.1) is 17.0 Å². The topological polar surface area (TPSA) is 93.1 Å². The molecule has 4 aromatic rings.